The molecule has 1 heterocycles. The van der Waals surface area contributed by atoms with Crippen molar-refractivity contribution >= 4 is 11.9 Å². The van der Waals surface area contributed by atoms with E-state index in [1.165, 1.54) is 0 Å². The fourth-order valence-electron chi connectivity index (χ4n) is 1.83. The minimum absolute atomic E-state index is 0.0961. The van der Waals surface area contributed by atoms with Gasteiger partial charge in [0.1, 0.15) is 0 Å². The molecule has 3 unspecified atom stereocenters. The largest absolute Gasteiger partial charge is 0.481 e. The van der Waals surface area contributed by atoms with Gasteiger partial charge in [-0.3, -0.25) is 9.59 Å². The average molecular weight is 243 g/mol. The van der Waals surface area contributed by atoms with Gasteiger partial charge in [0.2, 0.25) is 5.91 Å². The smallest absolute Gasteiger partial charge is 0.308 e. The maximum absolute atomic E-state index is 11.4. The lowest BCUT2D eigenvalue weighted by atomic mass is 10.1. The van der Waals surface area contributed by atoms with Gasteiger partial charge in [-0.1, -0.05) is 6.92 Å². The molecule has 1 saturated heterocycles. The minimum Gasteiger partial charge on any atom is -0.481 e. The summed E-state index contributed by atoms with van der Waals surface area (Å²) >= 11 is 0. The summed E-state index contributed by atoms with van der Waals surface area (Å²) in [4.78, 5) is 22.0. The van der Waals surface area contributed by atoms with Gasteiger partial charge in [0.25, 0.3) is 0 Å². The van der Waals surface area contributed by atoms with Crippen LogP contribution in [0.2, 0.25) is 0 Å². The minimum atomic E-state index is -0.891. The van der Waals surface area contributed by atoms with E-state index in [-0.39, 0.29) is 18.6 Å². The van der Waals surface area contributed by atoms with Crippen molar-refractivity contribution in [1.82, 2.24) is 5.32 Å². The number of rotatable bonds is 6. The number of aliphatic carboxylic acids is 1. The van der Waals surface area contributed by atoms with Gasteiger partial charge in [-0.25, -0.2) is 0 Å². The molecule has 98 valence electrons. The van der Waals surface area contributed by atoms with E-state index in [1.54, 1.807) is 6.92 Å². The Morgan fingerprint density at radius 3 is 2.71 bits per heavy atom. The van der Waals surface area contributed by atoms with Crippen molar-refractivity contribution in [2.45, 2.75) is 51.7 Å². The van der Waals surface area contributed by atoms with Gasteiger partial charge >= 0.3 is 5.97 Å². The van der Waals surface area contributed by atoms with Crippen molar-refractivity contribution in [3.63, 3.8) is 0 Å². The molecular formula is C12H21NO4. The fourth-order valence-corrected chi connectivity index (χ4v) is 1.83. The second-order valence-corrected chi connectivity index (χ2v) is 4.73. The van der Waals surface area contributed by atoms with Crippen LogP contribution in [0, 0.1) is 5.92 Å². The average Bonchev–Trinajstić information content (AvgIpc) is 2.69. The van der Waals surface area contributed by atoms with Crippen LogP contribution in [0.3, 0.4) is 0 Å². The van der Waals surface area contributed by atoms with Gasteiger partial charge < -0.3 is 15.2 Å². The number of amides is 1. The molecule has 3 atom stereocenters. The molecule has 0 saturated carbocycles. The number of carboxylic acid groups (broad SMARTS) is 1. The molecule has 0 aliphatic carbocycles. The number of hydrogen-bond donors (Lipinski definition) is 2. The topological polar surface area (TPSA) is 75.6 Å². The number of carboxylic acids is 1. The van der Waals surface area contributed by atoms with E-state index in [1.807, 2.05) is 6.92 Å². The SMILES string of the molecule is CC1CCC(CCC(=O)NCC(C)C(=O)O)O1. The van der Waals surface area contributed by atoms with E-state index in [9.17, 15) is 9.59 Å². The third kappa shape index (κ3) is 5.17. The second-order valence-electron chi connectivity index (χ2n) is 4.73. The molecule has 1 fully saturated rings. The fraction of sp³-hybridized carbons (Fsp3) is 0.833. The molecular weight excluding hydrogens is 222 g/mol. The van der Waals surface area contributed by atoms with Crippen molar-refractivity contribution in [2.24, 2.45) is 5.92 Å². The van der Waals surface area contributed by atoms with Crippen LogP contribution in [0.4, 0.5) is 0 Å². The molecule has 5 heteroatoms. The zero-order chi connectivity index (χ0) is 12.8. The quantitative estimate of drug-likeness (QED) is 0.734. The zero-order valence-electron chi connectivity index (χ0n) is 10.4. The van der Waals surface area contributed by atoms with Crippen LogP contribution in [0.25, 0.3) is 0 Å². The van der Waals surface area contributed by atoms with Gasteiger partial charge in [-0.15, -0.1) is 0 Å². The molecule has 0 bridgehead atoms. The van der Waals surface area contributed by atoms with Crippen molar-refractivity contribution in [2.75, 3.05) is 6.54 Å². The van der Waals surface area contributed by atoms with Gasteiger partial charge in [0.15, 0.2) is 0 Å². The molecule has 1 aliphatic heterocycles. The van der Waals surface area contributed by atoms with Crippen LogP contribution >= 0.6 is 0 Å². The Morgan fingerprint density at radius 2 is 2.18 bits per heavy atom. The van der Waals surface area contributed by atoms with Crippen LogP contribution in [0.1, 0.15) is 39.5 Å². The van der Waals surface area contributed by atoms with Crippen LogP contribution < -0.4 is 5.32 Å². The number of hydrogen-bond acceptors (Lipinski definition) is 3. The monoisotopic (exact) mass is 243 g/mol. The summed E-state index contributed by atoms with van der Waals surface area (Å²) in [6.45, 7) is 3.80. The van der Waals surface area contributed by atoms with Crippen LogP contribution in [0.5, 0.6) is 0 Å². The Labute approximate surface area is 102 Å². The number of ether oxygens (including phenoxy) is 1. The summed E-state index contributed by atoms with van der Waals surface area (Å²) in [5.41, 5.74) is 0. The predicted molar refractivity (Wildman–Crippen MR) is 62.6 cm³/mol. The van der Waals surface area contributed by atoms with Crippen molar-refractivity contribution in [3.8, 4) is 0 Å². The van der Waals surface area contributed by atoms with Crippen LogP contribution in [-0.2, 0) is 14.3 Å². The van der Waals surface area contributed by atoms with Crippen molar-refractivity contribution < 1.29 is 19.4 Å². The second kappa shape index (κ2) is 6.59. The molecule has 1 aliphatic rings. The summed E-state index contributed by atoms with van der Waals surface area (Å²) in [6.07, 6.45) is 3.69. The first-order chi connectivity index (χ1) is 7.99. The molecule has 0 aromatic rings. The van der Waals surface area contributed by atoms with E-state index in [4.69, 9.17) is 9.84 Å². The maximum atomic E-state index is 11.4. The summed E-state index contributed by atoms with van der Waals surface area (Å²) in [7, 11) is 0. The highest BCUT2D eigenvalue weighted by Crippen LogP contribution is 2.22. The van der Waals surface area contributed by atoms with Gasteiger partial charge in [-0.05, 0) is 26.2 Å². The van der Waals surface area contributed by atoms with Gasteiger partial charge in [-0.2, -0.15) is 0 Å². The Balaban J connectivity index is 2.11. The summed E-state index contributed by atoms with van der Waals surface area (Å²) in [5, 5.41) is 11.3. The highest BCUT2D eigenvalue weighted by Gasteiger charge is 2.22. The molecule has 5 nitrogen and oxygen atoms in total. The Bertz CT molecular complexity index is 280. The first-order valence-corrected chi connectivity index (χ1v) is 6.14. The van der Waals surface area contributed by atoms with Crippen LogP contribution in [-0.4, -0.2) is 35.7 Å². The molecule has 0 aromatic heterocycles. The zero-order valence-corrected chi connectivity index (χ0v) is 10.4. The standard InChI is InChI=1S/C12H21NO4/c1-8(12(15)16)7-13-11(14)6-5-10-4-3-9(2)17-10/h8-10H,3-7H2,1-2H3,(H,13,14)(H,15,16). The third-order valence-corrected chi connectivity index (χ3v) is 3.04. The van der Waals surface area contributed by atoms with E-state index in [2.05, 4.69) is 5.32 Å². The predicted octanol–water partition coefficient (Wildman–Crippen LogP) is 1.17. The first kappa shape index (κ1) is 14.0. The lowest BCUT2D eigenvalue weighted by Crippen LogP contribution is -2.31. The van der Waals surface area contributed by atoms with E-state index >= 15 is 0 Å². The molecule has 1 amide bonds. The molecule has 2 N–H and O–H groups in total. The molecule has 0 radical (unpaired) electrons. The Hall–Kier alpha value is -1.10. The molecule has 0 spiro atoms. The maximum Gasteiger partial charge on any atom is 0.308 e. The Morgan fingerprint density at radius 1 is 1.47 bits per heavy atom. The van der Waals surface area contributed by atoms with E-state index in [0.717, 1.165) is 19.3 Å². The lowest BCUT2D eigenvalue weighted by Gasteiger charge is -2.11. The summed E-state index contributed by atoms with van der Waals surface area (Å²) in [5.74, 6) is -1.53. The van der Waals surface area contributed by atoms with Crippen LogP contribution in [0.15, 0.2) is 0 Å². The first-order valence-electron chi connectivity index (χ1n) is 6.14. The van der Waals surface area contributed by atoms with Crippen molar-refractivity contribution in [1.29, 1.82) is 0 Å². The van der Waals surface area contributed by atoms with E-state index < -0.39 is 11.9 Å². The summed E-state index contributed by atoms with van der Waals surface area (Å²) in [6, 6.07) is 0. The van der Waals surface area contributed by atoms with Gasteiger partial charge in [0, 0.05) is 13.0 Å². The Kier molecular flexibility index (Phi) is 5.41. The molecule has 0 aromatic carbocycles. The number of carbonyl (C=O) groups is 2. The highest BCUT2D eigenvalue weighted by molar-refractivity contribution is 5.77. The highest BCUT2D eigenvalue weighted by atomic mass is 16.5. The third-order valence-electron chi connectivity index (χ3n) is 3.04. The van der Waals surface area contributed by atoms with E-state index in [0.29, 0.717) is 12.5 Å². The number of carbonyl (C=O) groups excluding carboxylic acids is 1. The molecule has 1 rings (SSSR count). The van der Waals surface area contributed by atoms with Crippen molar-refractivity contribution in [3.05, 3.63) is 0 Å². The normalized spacial score (nSPS) is 25.5. The van der Waals surface area contributed by atoms with Gasteiger partial charge in [0.05, 0.1) is 18.1 Å². The summed E-state index contributed by atoms with van der Waals surface area (Å²) < 4.78 is 5.60. The number of nitrogens with one attached hydrogen (secondary N) is 1. The lowest BCUT2D eigenvalue weighted by molar-refractivity contribution is -0.141. The molecule has 17 heavy (non-hydrogen) atoms.